The molecule has 0 unspecified atom stereocenters. The van der Waals surface area contributed by atoms with Crippen molar-refractivity contribution < 1.29 is 4.74 Å². The van der Waals surface area contributed by atoms with E-state index in [2.05, 4.69) is 4.98 Å². The van der Waals surface area contributed by atoms with E-state index in [1.807, 2.05) is 0 Å². The highest BCUT2D eigenvalue weighted by Crippen LogP contribution is 2.31. The standard InChI is InChI=1S/C12H10ClNO2/c1-16-11-4-3-9(13)6-10(11)8-2-5-12(15)14-7-8/h2-7H,1H3,(H,14,15). The highest BCUT2D eigenvalue weighted by Gasteiger charge is 2.06. The molecule has 0 saturated carbocycles. The Bertz CT molecular complexity index is 543. The molecule has 0 bridgehead atoms. The molecule has 1 heterocycles. The van der Waals surface area contributed by atoms with Gasteiger partial charge in [0.2, 0.25) is 5.56 Å². The molecule has 16 heavy (non-hydrogen) atoms. The third-order valence-electron chi connectivity index (χ3n) is 2.26. The van der Waals surface area contributed by atoms with Crippen LogP contribution in [-0.4, -0.2) is 12.1 Å². The second kappa shape index (κ2) is 4.41. The Labute approximate surface area is 97.7 Å². The topological polar surface area (TPSA) is 42.1 Å². The van der Waals surface area contributed by atoms with Crippen LogP contribution in [0.2, 0.25) is 5.02 Å². The molecule has 0 fully saturated rings. The maximum Gasteiger partial charge on any atom is 0.247 e. The number of aromatic nitrogens is 1. The van der Waals surface area contributed by atoms with E-state index in [1.54, 1.807) is 37.6 Å². The SMILES string of the molecule is COc1ccc(Cl)cc1-c1ccc(=O)[nH]c1. The van der Waals surface area contributed by atoms with E-state index in [-0.39, 0.29) is 5.56 Å². The molecule has 3 nitrogen and oxygen atoms in total. The molecule has 1 aromatic carbocycles. The summed E-state index contributed by atoms with van der Waals surface area (Å²) in [6, 6.07) is 8.55. The smallest absolute Gasteiger partial charge is 0.247 e. The highest BCUT2D eigenvalue weighted by molar-refractivity contribution is 6.31. The van der Waals surface area contributed by atoms with E-state index >= 15 is 0 Å². The molecule has 0 amide bonds. The van der Waals surface area contributed by atoms with Crippen LogP contribution in [0, 0.1) is 0 Å². The molecule has 1 aromatic heterocycles. The van der Waals surface area contributed by atoms with Crippen LogP contribution in [0.1, 0.15) is 0 Å². The molecule has 0 saturated heterocycles. The van der Waals surface area contributed by atoms with Gasteiger partial charge in [0, 0.05) is 28.4 Å². The Kier molecular flexibility index (Phi) is 2.97. The predicted octanol–water partition coefficient (Wildman–Crippen LogP) is 2.70. The number of H-pyrrole nitrogens is 1. The fraction of sp³-hybridized carbons (Fsp3) is 0.0833. The molecule has 82 valence electrons. The van der Waals surface area contributed by atoms with Gasteiger partial charge in [-0.2, -0.15) is 0 Å². The summed E-state index contributed by atoms with van der Waals surface area (Å²) in [5.74, 6) is 0.719. The lowest BCUT2D eigenvalue weighted by Gasteiger charge is -2.08. The van der Waals surface area contributed by atoms with Crippen molar-refractivity contribution in [3.05, 3.63) is 51.9 Å². The Balaban J connectivity index is 2.57. The van der Waals surface area contributed by atoms with Gasteiger partial charge in [0.25, 0.3) is 0 Å². The Morgan fingerprint density at radius 2 is 2.06 bits per heavy atom. The molecule has 1 N–H and O–H groups in total. The van der Waals surface area contributed by atoms with E-state index < -0.39 is 0 Å². The van der Waals surface area contributed by atoms with Crippen LogP contribution in [0.4, 0.5) is 0 Å². The first-order chi connectivity index (χ1) is 7.70. The van der Waals surface area contributed by atoms with Crippen LogP contribution >= 0.6 is 11.6 Å². The van der Waals surface area contributed by atoms with Crippen LogP contribution < -0.4 is 10.3 Å². The molecule has 0 atom stereocenters. The minimum absolute atomic E-state index is 0.134. The number of methoxy groups -OCH3 is 1. The lowest BCUT2D eigenvalue weighted by Crippen LogP contribution is -2.01. The van der Waals surface area contributed by atoms with E-state index in [0.29, 0.717) is 5.02 Å². The maximum atomic E-state index is 11.0. The number of ether oxygens (including phenoxy) is 1. The first kappa shape index (κ1) is 10.8. The molecule has 2 rings (SSSR count). The van der Waals surface area contributed by atoms with Gasteiger partial charge in [-0.3, -0.25) is 4.79 Å². The van der Waals surface area contributed by atoms with E-state index in [0.717, 1.165) is 16.9 Å². The van der Waals surface area contributed by atoms with Crippen LogP contribution in [0.5, 0.6) is 5.75 Å². The van der Waals surface area contributed by atoms with Crippen molar-refractivity contribution in [1.29, 1.82) is 0 Å². The summed E-state index contributed by atoms with van der Waals surface area (Å²) in [7, 11) is 1.60. The second-order valence-corrected chi connectivity index (χ2v) is 3.72. The Morgan fingerprint density at radius 3 is 2.69 bits per heavy atom. The number of hydrogen-bond acceptors (Lipinski definition) is 2. The molecule has 0 spiro atoms. The lowest BCUT2D eigenvalue weighted by molar-refractivity contribution is 0.416. The summed E-state index contributed by atoms with van der Waals surface area (Å²) in [5.41, 5.74) is 1.58. The second-order valence-electron chi connectivity index (χ2n) is 3.29. The summed E-state index contributed by atoms with van der Waals surface area (Å²) in [4.78, 5) is 13.6. The number of aromatic amines is 1. The number of nitrogens with one attached hydrogen (secondary N) is 1. The van der Waals surface area contributed by atoms with Crippen molar-refractivity contribution >= 4 is 11.6 Å². The van der Waals surface area contributed by atoms with Crippen molar-refractivity contribution in [3.8, 4) is 16.9 Å². The minimum Gasteiger partial charge on any atom is -0.496 e. The summed E-state index contributed by atoms with van der Waals surface area (Å²) in [6.07, 6.45) is 1.64. The van der Waals surface area contributed by atoms with Gasteiger partial charge in [0.15, 0.2) is 0 Å². The van der Waals surface area contributed by atoms with Gasteiger partial charge in [-0.15, -0.1) is 0 Å². The number of pyridine rings is 1. The van der Waals surface area contributed by atoms with Crippen molar-refractivity contribution in [1.82, 2.24) is 4.98 Å². The van der Waals surface area contributed by atoms with E-state index in [1.165, 1.54) is 6.07 Å². The maximum absolute atomic E-state index is 11.0. The van der Waals surface area contributed by atoms with Gasteiger partial charge < -0.3 is 9.72 Å². The van der Waals surface area contributed by atoms with Gasteiger partial charge in [0.05, 0.1) is 7.11 Å². The predicted molar refractivity (Wildman–Crippen MR) is 64.1 cm³/mol. The van der Waals surface area contributed by atoms with Gasteiger partial charge in [-0.25, -0.2) is 0 Å². The van der Waals surface area contributed by atoms with Crippen molar-refractivity contribution in [2.45, 2.75) is 0 Å². The fourth-order valence-electron chi connectivity index (χ4n) is 1.48. The number of hydrogen-bond donors (Lipinski definition) is 1. The zero-order chi connectivity index (χ0) is 11.5. The van der Waals surface area contributed by atoms with Crippen LogP contribution in [0.3, 0.4) is 0 Å². The number of halogens is 1. The normalized spacial score (nSPS) is 10.1. The number of rotatable bonds is 2. The summed E-state index contributed by atoms with van der Waals surface area (Å²) in [6.45, 7) is 0. The van der Waals surface area contributed by atoms with Crippen LogP contribution in [0.15, 0.2) is 41.3 Å². The van der Waals surface area contributed by atoms with E-state index in [9.17, 15) is 4.79 Å². The van der Waals surface area contributed by atoms with Crippen LogP contribution in [-0.2, 0) is 0 Å². The van der Waals surface area contributed by atoms with Crippen molar-refractivity contribution in [2.75, 3.05) is 7.11 Å². The quantitative estimate of drug-likeness (QED) is 0.870. The molecular formula is C12H10ClNO2. The first-order valence-corrected chi connectivity index (χ1v) is 5.11. The van der Waals surface area contributed by atoms with Gasteiger partial charge in [-0.1, -0.05) is 11.6 Å². The Morgan fingerprint density at radius 1 is 1.25 bits per heavy atom. The van der Waals surface area contributed by atoms with Crippen molar-refractivity contribution in [3.63, 3.8) is 0 Å². The van der Waals surface area contributed by atoms with Gasteiger partial charge in [-0.05, 0) is 24.3 Å². The minimum atomic E-state index is -0.134. The average Bonchev–Trinajstić information content (AvgIpc) is 2.30. The van der Waals surface area contributed by atoms with Crippen LogP contribution in [0.25, 0.3) is 11.1 Å². The molecule has 2 aromatic rings. The molecule has 0 aliphatic heterocycles. The molecule has 0 aliphatic rings. The summed E-state index contributed by atoms with van der Waals surface area (Å²) < 4.78 is 5.23. The zero-order valence-corrected chi connectivity index (χ0v) is 9.41. The van der Waals surface area contributed by atoms with Gasteiger partial charge >= 0.3 is 0 Å². The molecule has 0 radical (unpaired) electrons. The molecule has 0 aliphatic carbocycles. The largest absolute Gasteiger partial charge is 0.496 e. The highest BCUT2D eigenvalue weighted by atomic mass is 35.5. The zero-order valence-electron chi connectivity index (χ0n) is 8.66. The molecule has 4 heteroatoms. The summed E-state index contributed by atoms with van der Waals surface area (Å²) in [5, 5.41) is 0.627. The monoisotopic (exact) mass is 235 g/mol. The lowest BCUT2D eigenvalue weighted by atomic mass is 10.1. The Hall–Kier alpha value is -1.74. The first-order valence-electron chi connectivity index (χ1n) is 4.73. The molecular weight excluding hydrogens is 226 g/mol. The fourth-order valence-corrected chi connectivity index (χ4v) is 1.66. The average molecular weight is 236 g/mol. The van der Waals surface area contributed by atoms with Gasteiger partial charge in [0.1, 0.15) is 5.75 Å². The third-order valence-corrected chi connectivity index (χ3v) is 2.49. The summed E-state index contributed by atoms with van der Waals surface area (Å²) >= 11 is 5.93. The third kappa shape index (κ3) is 2.09. The number of benzene rings is 1. The van der Waals surface area contributed by atoms with E-state index in [4.69, 9.17) is 16.3 Å². The van der Waals surface area contributed by atoms with Crippen molar-refractivity contribution in [2.24, 2.45) is 0 Å².